The Labute approximate surface area is 187 Å². The minimum atomic E-state index is -1.94. The van der Waals surface area contributed by atoms with E-state index in [-0.39, 0.29) is 24.1 Å². The summed E-state index contributed by atoms with van der Waals surface area (Å²) in [6, 6.07) is 13.3. The van der Waals surface area contributed by atoms with Gasteiger partial charge in [0.05, 0.1) is 18.8 Å². The third kappa shape index (κ3) is 7.15. The highest BCUT2D eigenvalue weighted by atomic mass is 28.4. The van der Waals surface area contributed by atoms with Gasteiger partial charge in [0, 0.05) is 0 Å². The normalized spacial score (nSPS) is 12.0. The molecule has 0 atom stereocenters. The molecule has 0 N–H and O–H groups in total. The number of hydrogen-bond donors (Lipinski definition) is 0. The number of aryl methyl sites for hydroxylation is 2. The van der Waals surface area contributed by atoms with E-state index in [2.05, 4.69) is 40.4 Å². The number of carbonyl (C=O) groups excluding carboxylic acids is 1. The van der Waals surface area contributed by atoms with E-state index in [0.29, 0.717) is 24.0 Å². The molecular formula is C26H35FO3Si. The lowest BCUT2D eigenvalue weighted by Crippen LogP contribution is -2.41. The number of benzene rings is 2. The van der Waals surface area contributed by atoms with Gasteiger partial charge < -0.3 is 9.16 Å². The maximum Gasteiger partial charge on any atom is 0.335 e. The topological polar surface area (TPSA) is 35.5 Å². The van der Waals surface area contributed by atoms with Crippen molar-refractivity contribution in [2.75, 3.05) is 13.2 Å². The highest BCUT2D eigenvalue weighted by molar-refractivity contribution is 6.74. The highest BCUT2D eigenvalue weighted by Crippen LogP contribution is 2.36. The van der Waals surface area contributed by atoms with Crippen LogP contribution in [0.4, 0.5) is 4.39 Å². The van der Waals surface area contributed by atoms with Crippen molar-refractivity contribution in [1.29, 1.82) is 0 Å². The molecule has 2 rings (SSSR count). The Hall–Kier alpha value is -2.24. The summed E-state index contributed by atoms with van der Waals surface area (Å²) in [5.74, 6) is -0.689. The Morgan fingerprint density at radius 3 is 2.26 bits per heavy atom. The van der Waals surface area contributed by atoms with E-state index < -0.39 is 14.3 Å². The zero-order chi connectivity index (χ0) is 23.2. The van der Waals surface area contributed by atoms with Crippen molar-refractivity contribution in [3.63, 3.8) is 0 Å². The van der Waals surface area contributed by atoms with Gasteiger partial charge in [-0.05, 0) is 60.7 Å². The van der Waals surface area contributed by atoms with Gasteiger partial charge in [-0.1, -0.05) is 69.3 Å². The SMILES string of the molecule is C=C(CO[Si](C)(C)C(C)(C)C)C(=O)OCCCc1ccc(-c2ccc(C)cc2)cc1F. The molecule has 168 valence electrons. The Morgan fingerprint density at radius 1 is 1.06 bits per heavy atom. The van der Waals surface area contributed by atoms with E-state index in [1.54, 1.807) is 12.1 Å². The molecule has 0 amide bonds. The summed E-state index contributed by atoms with van der Waals surface area (Å²) in [6.45, 7) is 16.9. The number of ether oxygens (including phenoxy) is 1. The van der Waals surface area contributed by atoms with Crippen molar-refractivity contribution < 1.29 is 18.3 Å². The summed E-state index contributed by atoms with van der Waals surface area (Å²) in [6.07, 6.45) is 1.04. The van der Waals surface area contributed by atoms with Gasteiger partial charge in [0.2, 0.25) is 0 Å². The van der Waals surface area contributed by atoms with Gasteiger partial charge in [-0.25, -0.2) is 9.18 Å². The van der Waals surface area contributed by atoms with Crippen LogP contribution in [0.25, 0.3) is 11.1 Å². The first kappa shape index (κ1) is 25.0. The summed E-state index contributed by atoms with van der Waals surface area (Å²) in [5.41, 5.74) is 3.95. The van der Waals surface area contributed by atoms with E-state index in [1.807, 2.05) is 37.3 Å². The number of halogens is 1. The van der Waals surface area contributed by atoms with Crippen molar-refractivity contribution in [3.05, 3.63) is 71.6 Å². The zero-order valence-electron chi connectivity index (χ0n) is 19.7. The fourth-order valence-corrected chi connectivity index (χ4v) is 3.72. The predicted octanol–water partition coefficient (Wildman–Crippen LogP) is 6.85. The second-order valence-corrected chi connectivity index (χ2v) is 14.4. The smallest absolute Gasteiger partial charge is 0.335 e. The summed E-state index contributed by atoms with van der Waals surface area (Å²) >= 11 is 0. The average molecular weight is 443 g/mol. The minimum Gasteiger partial charge on any atom is -0.462 e. The van der Waals surface area contributed by atoms with Gasteiger partial charge in [0.25, 0.3) is 0 Å². The molecule has 0 aliphatic carbocycles. The van der Waals surface area contributed by atoms with Crippen LogP contribution in [0.1, 0.15) is 38.3 Å². The van der Waals surface area contributed by atoms with Gasteiger partial charge in [0.15, 0.2) is 8.32 Å². The lowest BCUT2D eigenvalue weighted by atomic mass is 10.0. The number of carbonyl (C=O) groups is 1. The highest BCUT2D eigenvalue weighted by Gasteiger charge is 2.37. The van der Waals surface area contributed by atoms with E-state index in [4.69, 9.17) is 9.16 Å². The third-order valence-electron chi connectivity index (χ3n) is 5.96. The largest absolute Gasteiger partial charge is 0.462 e. The van der Waals surface area contributed by atoms with E-state index in [0.717, 1.165) is 11.1 Å². The van der Waals surface area contributed by atoms with Gasteiger partial charge >= 0.3 is 5.97 Å². The maximum atomic E-state index is 14.5. The lowest BCUT2D eigenvalue weighted by molar-refractivity contribution is -0.139. The van der Waals surface area contributed by atoms with Gasteiger partial charge in [-0.2, -0.15) is 0 Å². The molecule has 0 saturated heterocycles. The van der Waals surface area contributed by atoms with Crippen LogP contribution in [0.2, 0.25) is 18.1 Å². The fourth-order valence-electron chi connectivity index (χ4n) is 2.75. The average Bonchev–Trinajstić information content (AvgIpc) is 2.70. The molecule has 0 bridgehead atoms. The first-order valence-corrected chi connectivity index (χ1v) is 13.7. The maximum absolute atomic E-state index is 14.5. The molecule has 0 fully saturated rings. The Morgan fingerprint density at radius 2 is 1.68 bits per heavy atom. The quantitative estimate of drug-likeness (QED) is 0.184. The molecular weight excluding hydrogens is 407 g/mol. The first-order chi connectivity index (χ1) is 14.4. The van der Waals surface area contributed by atoms with Crippen molar-refractivity contribution in [3.8, 4) is 11.1 Å². The predicted molar refractivity (Wildman–Crippen MR) is 128 cm³/mol. The van der Waals surface area contributed by atoms with E-state index >= 15 is 0 Å². The van der Waals surface area contributed by atoms with Gasteiger partial charge in [-0.15, -0.1) is 0 Å². The van der Waals surface area contributed by atoms with Crippen LogP contribution in [-0.4, -0.2) is 27.5 Å². The molecule has 0 aliphatic heterocycles. The Kier molecular flexibility index (Phi) is 8.38. The van der Waals surface area contributed by atoms with Crippen molar-refractivity contribution in [2.45, 2.75) is 58.7 Å². The third-order valence-corrected chi connectivity index (χ3v) is 10.4. The molecule has 0 heterocycles. The second kappa shape index (κ2) is 10.4. The van der Waals surface area contributed by atoms with Crippen molar-refractivity contribution >= 4 is 14.3 Å². The molecule has 0 radical (unpaired) electrons. The van der Waals surface area contributed by atoms with Crippen LogP contribution in [0.5, 0.6) is 0 Å². The molecule has 2 aromatic carbocycles. The number of hydrogen-bond acceptors (Lipinski definition) is 3. The number of rotatable bonds is 9. The zero-order valence-corrected chi connectivity index (χ0v) is 20.7. The Bertz CT molecular complexity index is 911. The Balaban J connectivity index is 1.79. The van der Waals surface area contributed by atoms with Gasteiger partial charge in [-0.3, -0.25) is 0 Å². The van der Waals surface area contributed by atoms with Crippen LogP contribution < -0.4 is 0 Å². The van der Waals surface area contributed by atoms with E-state index in [9.17, 15) is 9.18 Å². The summed E-state index contributed by atoms with van der Waals surface area (Å²) in [5, 5.41) is 0.0657. The lowest BCUT2D eigenvalue weighted by Gasteiger charge is -2.36. The molecule has 0 aliphatic rings. The number of esters is 1. The molecule has 0 spiro atoms. The van der Waals surface area contributed by atoms with Crippen LogP contribution in [-0.2, 0) is 20.4 Å². The van der Waals surface area contributed by atoms with Crippen molar-refractivity contribution in [2.24, 2.45) is 0 Å². The fraction of sp³-hybridized carbons (Fsp3) is 0.423. The van der Waals surface area contributed by atoms with Crippen LogP contribution >= 0.6 is 0 Å². The molecule has 5 heteroatoms. The minimum absolute atomic E-state index is 0.0657. The second-order valence-electron chi connectivity index (χ2n) is 9.56. The first-order valence-electron chi connectivity index (χ1n) is 10.7. The van der Waals surface area contributed by atoms with Crippen LogP contribution in [0.15, 0.2) is 54.6 Å². The molecule has 0 saturated carbocycles. The molecule has 3 nitrogen and oxygen atoms in total. The van der Waals surface area contributed by atoms with Gasteiger partial charge in [0.1, 0.15) is 5.82 Å². The summed E-state index contributed by atoms with van der Waals surface area (Å²) in [4.78, 5) is 12.2. The molecule has 31 heavy (non-hydrogen) atoms. The van der Waals surface area contributed by atoms with E-state index in [1.165, 1.54) is 5.56 Å². The van der Waals surface area contributed by atoms with Crippen LogP contribution in [0.3, 0.4) is 0 Å². The molecule has 2 aromatic rings. The standard InChI is InChI=1S/C26H35FO3Si/c1-19-10-12-21(13-11-19)23-15-14-22(24(27)17-23)9-8-16-29-25(28)20(2)18-30-31(6,7)26(3,4)5/h10-15,17H,2,8-9,16,18H2,1,3-7H3. The van der Waals surface area contributed by atoms with Crippen molar-refractivity contribution in [1.82, 2.24) is 0 Å². The molecule has 0 unspecified atom stereocenters. The summed E-state index contributed by atoms with van der Waals surface area (Å²) in [7, 11) is -1.94. The van der Waals surface area contributed by atoms with Crippen LogP contribution in [0, 0.1) is 12.7 Å². The summed E-state index contributed by atoms with van der Waals surface area (Å²) < 4.78 is 25.8. The monoisotopic (exact) mass is 442 g/mol. The molecule has 0 aromatic heterocycles.